The van der Waals surface area contributed by atoms with Crippen LogP contribution >= 0.6 is 0 Å². The number of rotatable bonds is 3. The maximum absolute atomic E-state index is 12.0. The molecule has 0 fully saturated rings. The van der Waals surface area contributed by atoms with Gasteiger partial charge >= 0.3 is 0 Å². The second kappa shape index (κ2) is 6.15. The van der Waals surface area contributed by atoms with E-state index in [0.29, 0.717) is 12.8 Å². The van der Waals surface area contributed by atoms with Crippen molar-refractivity contribution in [3.8, 4) is 22.3 Å². The summed E-state index contributed by atoms with van der Waals surface area (Å²) < 4.78 is 0. The van der Waals surface area contributed by atoms with Gasteiger partial charge in [0, 0.05) is 0 Å². The summed E-state index contributed by atoms with van der Waals surface area (Å²) in [6, 6.07) is 32.3. The maximum atomic E-state index is 12.0. The van der Waals surface area contributed by atoms with Gasteiger partial charge in [0.15, 0.2) is 0 Å². The Labute approximate surface area is 176 Å². The molecule has 0 radical (unpaired) electrons. The van der Waals surface area contributed by atoms with Crippen LogP contribution in [0.15, 0.2) is 97.1 Å². The normalized spacial score (nSPS) is 16.5. The van der Waals surface area contributed by atoms with Gasteiger partial charge in [-0.3, -0.25) is 0 Å². The van der Waals surface area contributed by atoms with Gasteiger partial charge in [0.2, 0.25) is 0 Å². The van der Waals surface area contributed by atoms with E-state index in [9.17, 15) is 10.2 Å². The number of hydrogen-bond acceptors (Lipinski definition) is 2. The molecule has 2 heteroatoms. The third-order valence-electron chi connectivity index (χ3n) is 6.92. The molecule has 0 heterocycles. The summed E-state index contributed by atoms with van der Waals surface area (Å²) in [6.07, 6.45) is 0.861. The van der Waals surface area contributed by atoms with E-state index in [4.69, 9.17) is 0 Å². The lowest BCUT2D eigenvalue weighted by Crippen LogP contribution is -2.31. The Morgan fingerprint density at radius 1 is 0.400 bits per heavy atom. The van der Waals surface area contributed by atoms with Gasteiger partial charge < -0.3 is 10.2 Å². The predicted molar refractivity (Wildman–Crippen MR) is 119 cm³/mol. The zero-order valence-electron chi connectivity index (χ0n) is 16.5. The molecule has 0 aromatic heterocycles. The van der Waals surface area contributed by atoms with Gasteiger partial charge in [0.25, 0.3) is 0 Å². The van der Waals surface area contributed by atoms with Crippen molar-refractivity contribution >= 4 is 0 Å². The first-order valence-corrected chi connectivity index (χ1v) is 10.5. The fourth-order valence-electron chi connectivity index (χ4n) is 5.51. The van der Waals surface area contributed by atoms with Crippen LogP contribution in [0.1, 0.15) is 35.1 Å². The third kappa shape index (κ3) is 2.21. The van der Waals surface area contributed by atoms with E-state index in [2.05, 4.69) is 24.3 Å². The minimum Gasteiger partial charge on any atom is -0.380 e. The van der Waals surface area contributed by atoms with Crippen molar-refractivity contribution < 1.29 is 10.2 Å². The molecule has 2 N–H and O–H groups in total. The van der Waals surface area contributed by atoms with Crippen molar-refractivity contribution in [2.75, 3.05) is 0 Å². The summed E-state index contributed by atoms with van der Waals surface area (Å²) in [4.78, 5) is 0. The van der Waals surface area contributed by atoms with Crippen LogP contribution in [0.3, 0.4) is 0 Å². The fourth-order valence-corrected chi connectivity index (χ4v) is 5.51. The van der Waals surface area contributed by atoms with Crippen LogP contribution in [-0.2, 0) is 11.2 Å². The summed E-state index contributed by atoms with van der Waals surface area (Å²) >= 11 is 0. The van der Waals surface area contributed by atoms with Crippen molar-refractivity contribution in [1.29, 1.82) is 0 Å². The average Bonchev–Trinajstić information content (AvgIpc) is 3.22. The summed E-state index contributed by atoms with van der Waals surface area (Å²) in [5.41, 5.74) is 5.78. The molecular weight excluding hydrogens is 368 g/mol. The van der Waals surface area contributed by atoms with Crippen molar-refractivity contribution in [3.05, 3.63) is 119 Å². The molecule has 4 aromatic rings. The molecular formula is C28H22O2. The van der Waals surface area contributed by atoms with E-state index in [0.717, 1.165) is 44.5 Å². The molecule has 0 saturated heterocycles. The number of aliphatic hydroxyl groups is 2. The highest BCUT2D eigenvalue weighted by Crippen LogP contribution is 2.54. The van der Waals surface area contributed by atoms with Crippen LogP contribution < -0.4 is 0 Å². The second-order valence-corrected chi connectivity index (χ2v) is 8.40. The smallest absolute Gasteiger partial charge is 0.116 e. The standard InChI is InChI=1S/C28H22O2/c29-27(23-13-5-1-9-19(23)20-10-2-6-14-24(20)27)17-18-28(30)25-15-7-3-11-21(25)22-12-4-8-16-26(22)28/h1-16,29-30H,17-18H2. The lowest BCUT2D eigenvalue weighted by atomic mass is 9.79. The quantitative estimate of drug-likeness (QED) is 0.478. The molecule has 0 saturated carbocycles. The highest BCUT2D eigenvalue weighted by Gasteiger charge is 2.46. The minimum atomic E-state index is -1.12. The monoisotopic (exact) mass is 390 g/mol. The Morgan fingerprint density at radius 3 is 0.900 bits per heavy atom. The third-order valence-corrected chi connectivity index (χ3v) is 6.92. The molecule has 0 amide bonds. The SMILES string of the molecule is OC1(CCC2(O)c3ccccc3-c3ccccc32)c2ccccc2-c2ccccc21. The zero-order chi connectivity index (χ0) is 20.3. The number of benzene rings is 4. The lowest BCUT2D eigenvalue weighted by molar-refractivity contribution is 0.0204. The van der Waals surface area contributed by atoms with E-state index in [-0.39, 0.29) is 0 Å². The number of hydrogen-bond donors (Lipinski definition) is 2. The summed E-state index contributed by atoms with van der Waals surface area (Å²) in [6.45, 7) is 0. The van der Waals surface area contributed by atoms with Crippen LogP contribution in [0.25, 0.3) is 22.3 Å². The van der Waals surface area contributed by atoms with E-state index in [1.807, 2.05) is 72.8 Å². The molecule has 0 aliphatic heterocycles. The lowest BCUT2D eigenvalue weighted by Gasteiger charge is -2.32. The Balaban J connectivity index is 1.46. The average molecular weight is 390 g/mol. The van der Waals surface area contributed by atoms with Crippen molar-refractivity contribution in [2.24, 2.45) is 0 Å². The van der Waals surface area contributed by atoms with E-state index < -0.39 is 11.2 Å². The predicted octanol–water partition coefficient (Wildman–Crippen LogP) is 5.60. The molecule has 0 bridgehead atoms. The molecule has 2 nitrogen and oxygen atoms in total. The van der Waals surface area contributed by atoms with Gasteiger partial charge in [-0.05, 0) is 57.3 Å². The Bertz CT molecular complexity index is 1100. The van der Waals surface area contributed by atoms with Gasteiger partial charge in [-0.1, -0.05) is 97.1 Å². The number of fused-ring (bicyclic) bond motifs is 6. The molecule has 2 aliphatic carbocycles. The topological polar surface area (TPSA) is 40.5 Å². The van der Waals surface area contributed by atoms with Crippen LogP contribution in [0.5, 0.6) is 0 Å². The van der Waals surface area contributed by atoms with Crippen LogP contribution in [0.4, 0.5) is 0 Å². The van der Waals surface area contributed by atoms with Crippen LogP contribution in [0, 0.1) is 0 Å². The maximum Gasteiger partial charge on any atom is 0.116 e. The van der Waals surface area contributed by atoms with Gasteiger partial charge in [0.1, 0.15) is 11.2 Å². The molecule has 30 heavy (non-hydrogen) atoms. The molecule has 0 spiro atoms. The highest BCUT2D eigenvalue weighted by molar-refractivity contribution is 5.81. The first kappa shape index (κ1) is 17.6. The Kier molecular flexibility index (Phi) is 3.62. The minimum absolute atomic E-state index is 0.431. The van der Waals surface area contributed by atoms with Gasteiger partial charge in [-0.2, -0.15) is 0 Å². The summed E-state index contributed by atoms with van der Waals surface area (Å²) in [7, 11) is 0. The Hall–Kier alpha value is -3.20. The first-order valence-electron chi connectivity index (χ1n) is 10.5. The van der Waals surface area contributed by atoms with Crippen molar-refractivity contribution in [3.63, 3.8) is 0 Å². The van der Waals surface area contributed by atoms with E-state index in [1.165, 1.54) is 0 Å². The van der Waals surface area contributed by atoms with E-state index in [1.54, 1.807) is 0 Å². The molecule has 4 aromatic carbocycles. The van der Waals surface area contributed by atoms with Crippen molar-refractivity contribution in [1.82, 2.24) is 0 Å². The molecule has 0 atom stereocenters. The summed E-state index contributed by atoms with van der Waals surface area (Å²) in [5.74, 6) is 0. The summed E-state index contributed by atoms with van der Waals surface area (Å²) in [5, 5.41) is 23.9. The first-order chi connectivity index (χ1) is 14.6. The highest BCUT2D eigenvalue weighted by atomic mass is 16.3. The van der Waals surface area contributed by atoms with Gasteiger partial charge in [-0.15, -0.1) is 0 Å². The van der Waals surface area contributed by atoms with Gasteiger partial charge in [-0.25, -0.2) is 0 Å². The second-order valence-electron chi connectivity index (χ2n) is 8.40. The zero-order valence-corrected chi connectivity index (χ0v) is 16.5. The molecule has 2 aliphatic rings. The van der Waals surface area contributed by atoms with Crippen LogP contribution in [0.2, 0.25) is 0 Å². The Morgan fingerprint density at radius 2 is 0.633 bits per heavy atom. The van der Waals surface area contributed by atoms with E-state index >= 15 is 0 Å². The van der Waals surface area contributed by atoms with Gasteiger partial charge in [0.05, 0.1) is 0 Å². The van der Waals surface area contributed by atoms with Crippen LogP contribution in [-0.4, -0.2) is 10.2 Å². The fraction of sp³-hybridized carbons (Fsp3) is 0.143. The molecule has 146 valence electrons. The largest absolute Gasteiger partial charge is 0.380 e. The molecule has 6 rings (SSSR count). The molecule has 0 unspecified atom stereocenters. The van der Waals surface area contributed by atoms with Crippen molar-refractivity contribution in [2.45, 2.75) is 24.0 Å².